The van der Waals surface area contributed by atoms with Crippen LogP contribution < -0.4 is 15.5 Å². The summed E-state index contributed by atoms with van der Waals surface area (Å²) in [6.07, 6.45) is 1.99. The van der Waals surface area contributed by atoms with E-state index in [1.54, 1.807) is 23.5 Å². The number of fused-ring (bicyclic) bond motifs is 1. The molecule has 0 atom stereocenters. The molecule has 1 fully saturated rings. The minimum Gasteiger partial charge on any atom is -0.366 e. The second-order valence-electron chi connectivity index (χ2n) is 8.24. The maximum absolute atomic E-state index is 12.9. The van der Waals surface area contributed by atoms with Crippen molar-refractivity contribution in [3.05, 3.63) is 79.9 Å². The van der Waals surface area contributed by atoms with Crippen molar-refractivity contribution in [3.63, 3.8) is 0 Å². The Balaban J connectivity index is 1.35. The summed E-state index contributed by atoms with van der Waals surface area (Å²) >= 11 is 9.23. The van der Waals surface area contributed by atoms with Gasteiger partial charge in [0.1, 0.15) is 10.7 Å². The third-order valence-electron chi connectivity index (χ3n) is 5.86. The van der Waals surface area contributed by atoms with Crippen LogP contribution in [0.1, 0.15) is 23.2 Å². The second kappa shape index (κ2) is 10.4. The van der Waals surface area contributed by atoms with Gasteiger partial charge in [-0.25, -0.2) is 4.98 Å². The molecule has 0 saturated carbocycles. The van der Waals surface area contributed by atoms with Crippen molar-refractivity contribution in [1.29, 1.82) is 0 Å². The molecule has 2 N–H and O–H groups in total. The largest absolute Gasteiger partial charge is 0.366 e. The van der Waals surface area contributed by atoms with E-state index in [0.717, 1.165) is 50.3 Å². The van der Waals surface area contributed by atoms with Gasteiger partial charge in [0.2, 0.25) is 0 Å². The Morgan fingerprint density at radius 3 is 2.64 bits per heavy atom. The van der Waals surface area contributed by atoms with Gasteiger partial charge in [0.05, 0.1) is 20.8 Å². The highest BCUT2D eigenvalue weighted by Gasteiger charge is 2.24. The zero-order chi connectivity index (χ0) is 25.2. The number of hydrogen-bond acceptors (Lipinski definition) is 7. The number of benzene rings is 3. The number of carbonyl (C=O) groups excluding carboxylic acids is 1. The summed E-state index contributed by atoms with van der Waals surface area (Å²) in [5.41, 5.74) is 3.11. The van der Waals surface area contributed by atoms with Crippen molar-refractivity contribution in [2.75, 3.05) is 23.3 Å². The summed E-state index contributed by atoms with van der Waals surface area (Å²) in [7, 11) is 0. The van der Waals surface area contributed by atoms with E-state index in [9.17, 15) is 14.9 Å². The number of halogens is 1. The molecular formula is C25H20IN5O3S2. The van der Waals surface area contributed by atoms with Gasteiger partial charge in [-0.05, 0) is 90.1 Å². The zero-order valence-corrected chi connectivity index (χ0v) is 22.7. The van der Waals surface area contributed by atoms with E-state index in [-0.39, 0.29) is 16.4 Å². The first-order valence-corrected chi connectivity index (χ1v) is 13.5. The SMILES string of the molecule is O=C(NC(=S)Nc1ccc(I)cc1-c1nc2ccccc2s1)c1ccc(N2CCCC2)c([N+](=O)[O-])c1. The normalized spacial score (nSPS) is 13.1. The highest BCUT2D eigenvalue weighted by atomic mass is 127. The first-order valence-electron chi connectivity index (χ1n) is 11.2. The van der Waals surface area contributed by atoms with Gasteiger partial charge < -0.3 is 10.2 Å². The average molecular weight is 630 g/mol. The molecule has 0 radical (unpaired) electrons. The fourth-order valence-electron chi connectivity index (χ4n) is 4.16. The van der Waals surface area contributed by atoms with Crippen LogP contribution in [0.25, 0.3) is 20.8 Å². The first kappa shape index (κ1) is 24.5. The molecule has 2 heterocycles. The molecule has 3 aromatic carbocycles. The molecule has 1 aromatic heterocycles. The summed E-state index contributed by atoms with van der Waals surface area (Å²) in [6, 6.07) is 18.3. The monoisotopic (exact) mass is 629 g/mol. The number of thiazole rings is 1. The van der Waals surface area contributed by atoms with Gasteiger partial charge in [-0.15, -0.1) is 11.3 Å². The van der Waals surface area contributed by atoms with Gasteiger partial charge in [-0.1, -0.05) is 12.1 Å². The number of amides is 1. The third-order valence-corrected chi connectivity index (χ3v) is 7.81. The number of thiocarbonyl (C=S) groups is 1. The number of nitrogens with zero attached hydrogens (tertiary/aromatic N) is 3. The molecule has 0 unspecified atom stereocenters. The van der Waals surface area contributed by atoms with Gasteiger partial charge in [-0.2, -0.15) is 0 Å². The zero-order valence-electron chi connectivity index (χ0n) is 18.9. The standard InChI is InChI=1S/C25H20IN5O3S2/c26-16-8-9-18(17(14-16)24-27-19-5-1-2-6-22(19)36-24)28-25(35)29-23(32)15-7-10-20(21(13-15)31(33)34)30-11-3-4-12-30/h1-2,5-10,13-14H,3-4,11-12H2,(H2,28,29,32,35). The Labute approximate surface area is 230 Å². The van der Waals surface area contributed by atoms with Gasteiger partial charge in [0.25, 0.3) is 11.6 Å². The van der Waals surface area contributed by atoms with E-state index in [1.165, 1.54) is 6.07 Å². The molecule has 1 aliphatic rings. The van der Waals surface area contributed by atoms with E-state index < -0.39 is 10.8 Å². The predicted molar refractivity (Wildman–Crippen MR) is 156 cm³/mol. The number of nitro groups is 1. The van der Waals surface area contributed by atoms with E-state index in [1.807, 2.05) is 47.4 Å². The Morgan fingerprint density at radius 1 is 1.11 bits per heavy atom. The van der Waals surface area contributed by atoms with Gasteiger partial charge in [0, 0.05) is 33.9 Å². The van der Waals surface area contributed by atoms with Crippen molar-refractivity contribution in [2.24, 2.45) is 0 Å². The summed E-state index contributed by atoms with van der Waals surface area (Å²) < 4.78 is 2.11. The van der Waals surface area contributed by atoms with Crippen molar-refractivity contribution >= 4 is 84.4 Å². The predicted octanol–water partition coefficient (Wildman–Crippen LogP) is 6.20. The van der Waals surface area contributed by atoms with E-state index in [4.69, 9.17) is 17.2 Å². The van der Waals surface area contributed by atoms with Crippen LogP contribution in [0.4, 0.5) is 17.1 Å². The van der Waals surface area contributed by atoms with Crippen LogP contribution in [0.2, 0.25) is 0 Å². The quantitative estimate of drug-likeness (QED) is 0.117. The highest BCUT2D eigenvalue weighted by Crippen LogP contribution is 2.36. The number of nitrogens with one attached hydrogen (secondary N) is 2. The lowest BCUT2D eigenvalue weighted by Crippen LogP contribution is -2.34. The number of carbonyl (C=O) groups is 1. The number of hydrogen-bond donors (Lipinski definition) is 2. The molecule has 0 aliphatic carbocycles. The average Bonchev–Trinajstić information content (AvgIpc) is 3.55. The maximum Gasteiger partial charge on any atom is 0.293 e. The Morgan fingerprint density at radius 2 is 1.89 bits per heavy atom. The van der Waals surface area contributed by atoms with Crippen molar-refractivity contribution in [1.82, 2.24) is 10.3 Å². The Hall–Kier alpha value is -3.16. The number of para-hydroxylation sites is 1. The fourth-order valence-corrected chi connectivity index (χ4v) is 5.84. The Kier molecular flexibility index (Phi) is 7.12. The van der Waals surface area contributed by atoms with Gasteiger partial charge in [-0.3, -0.25) is 20.2 Å². The summed E-state index contributed by atoms with van der Waals surface area (Å²) in [5, 5.41) is 18.4. The number of nitro benzene ring substituents is 1. The molecule has 182 valence electrons. The van der Waals surface area contributed by atoms with E-state index in [2.05, 4.69) is 33.2 Å². The van der Waals surface area contributed by atoms with Gasteiger partial charge >= 0.3 is 0 Å². The number of anilines is 2. The smallest absolute Gasteiger partial charge is 0.293 e. The number of aromatic nitrogens is 1. The van der Waals surface area contributed by atoms with Gasteiger partial charge in [0.15, 0.2) is 5.11 Å². The third kappa shape index (κ3) is 5.18. The number of rotatable bonds is 5. The Bertz CT molecular complexity index is 1470. The molecule has 11 heteroatoms. The summed E-state index contributed by atoms with van der Waals surface area (Å²) in [4.78, 5) is 30.9. The molecule has 36 heavy (non-hydrogen) atoms. The lowest BCUT2D eigenvalue weighted by Gasteiger charge is -2.18. The molecule has 1 aliphatic heterocycles. The fraction of sp³-hybridized carbons (Fsp3) is 0.160. The molecule has 5 rings (SSSR count). The van der Waals surface area contributed by atoms with Crippen molar-refractivity contribution < 1.29 is 9.72 Å². The van der Waals surface area contributed by atoms with Crippen molar-refractivity contribution in [3.8, 4) is 10.6 Å². The van der Waals surface area contributed by atoms with Crippen LogP contribution in [-0.2, 0) is 0 Å². The lowest BCUT2D eigenvalue weighted by atomic mass is 10.1. The minimum absolute atomic E-state index is 0.0841. The second-order valence-corrected chi connectivity index (χ2v) is 10.9. The minimum atomic E-state index is -0.518. The molecule has 1 saturated heterocycles. The molecule has 0 spiro atoms. The highest BCUT2D eigenvalue weighted by molar-refractivity contribution is 14.1. The van der Waals surface area contributed by atoms with Crippen molar-refractivity contribution in [2.45, 2.75) is 12.8 Å². The summed E-state index contributed by atoms with van der Waals surface area (Å²) in [5.74, 6) is -0.518. The first-order chi connectivity index (χ1) is 17.4. The van der Waals surface area contributed by atoms with Crippen LogP contribution in [0.5, 0.6) is 0 Å². The topological polar surface area (TPSA) is 100 Å². The van der Waals surface area contributed by atoms with Crippen LogP contribution in [-0.4, -0.2) is 34.0 Å². The maximum atomic E-state index is 12.9. The van der Waals surface area contributed by atoms with E-state index >= 15 is 0 Å². The van der Waals surface area contributed by atoms with Crippen LogP contribution in [0.15, 0.2) is 60.7 Å². The lowest BCUT2D eigenvalue weighted by molar-refractivity contribution is -0.384. The van der Waals surface area contributed by atoms with Crippen LogP contribution >= 0.6 is 46.1 Å². The van der Waals surface area contributed by atoms with E-state index in [0.29, 0.717) is 11.4 Å². The molecule has 8 nitrogen and oxygen atoms in total. The molecule has 4 aromatic rings. The summed E-state index contributed by atoms with van der Waals surface area (Å²) in [6.45, 7) is 1.54. The van der Waals surface area contributed by atoms with Crippen LogP contribution in [0, 0.1) is 13.7 Å². The molecule has 1 amide bonds. The molecule has 0 bridgehead atoms. The molecular weight excluding hydrogens is 609 g/mol. The van der Waals surface area contributed by atoms with Crippen LogP contribution in [0.3, 0.4) is 0 Å².